The molecule has 0 saturated carbocycles. The molecule has 9 heteroatoms. The van der Waals surface area contributed by atoms with Crippen LogP contribution in [0, 0.1) is 0 Å². The maximum Gasteiger partial charge on any atom is 0.427 e. The zero-order valence-corrected chi connectivity index (χ0v) is 12.0. The summed E-state index contributed by atoms with van der Waals surface area (Å²) in [6, 6.07) is 2.63. The number of rotatable bonds is 2. The van der Waals surface area contributed by atoms with Gasteiger partial charge in [-0.25, -0.2) is 4.39 Å². The Balaban J connectivity index is 3.40. The van der Waals surface area contributed by atoms with E-state index in [9.17, 15) is 30.7 Å². The van der Waals surface area contributed by atoms with E-state index in [0.717, 1.165) is 0 Å². The Morgan fingerprint density at radius 3 is 1.53 bits per heavy atom. The van der Waals surface area contributed by atoms with Crippen molar-refractivity contribution in [3.05, 3.63) is 32.7 Å². The van der Waals surface area contributed by atoms with Crippen molar-refractivity contribution in [2.24, 2.45) is 0 Å². The molecule has 0 spiro atoms. The van der Waals surface area contributed by atoms with Crippen molar-refractivity contribution in [2.75, 3.05) is 0 Å². The predicted octanol–water partition coefficient (Wildman–Crippen LogP) is 5.89. The largest absolute Gasteiger partial charge is 0.427 e. The summed E-state index contributed by atoms with van der Waals surface area (Å²) in [6.07, 6.45) is -13.6. The number of hydrogen-bond acceptors (Lipinski definition) is 0. The van der Waals surface area contributed by atoms with Crippen LogP contribution in [0.3, 0.4) is 0 Å². The molecule has 0 bridgehead atoms. The molecule has 0 aliphatic rings. The van der Waals surface area contributed by atoms with Crippen LogP contribution in [-0.4, -0.2) is 12.4 Å². The van der Waals surface area contributed by atoms with Gasteiger partial charge in [-0.3, -0.25) is 0 Å². The van der Waals surface area contributed by atoms with Crippen molar-refractivity contribution in [1.29, 1.82) is 0 Å². The Morgan fingerprint density at radius 2 is 1.21 bits per heavy atom. The van der Waals surface area contributed by atoms with E-state index in [1.807, 2.05) is 0 Å². The summed E-state index contributed by atoms with van der Waals surface area (Å²) >= 11 is 5.61. The molecular weight excluding hydrogens is 413 g/mol. The van der Waals surface area contributed by atoms with Gasteiger partial charge in [0.1, 0.15) is 0 Å². The van der Waals surface area contributed by atoms with Gasteiger partial charge in [0.25, 0.3) is 0 Å². The van der Waals surface area contributed by atoms with E-state index in [1.54, 1.807) is 0 Å². The highest BCUT2D eigenvalue weighted by molar-refractivity contribution is 9.11. The summed E-state index contributed by atoms with van der Waals surface area (Å²) in [5, 5.41) is 0. The molecule has 1 aromatic rings. The zero-order valence-electron chi connectivity index (χ0n) is 8.84. The first-order valence-electron chi connectivity index (χ1n) is 4.64. The molecule has 0 aliphatic heterocycles. The molecule has 0 fully saturated rings. The lowest BCUT2D eigenvalue weighted by molar-refractivity contribution is -0.273. The third-order valence-corrected chi connectivity index (χ3v) is 3.13. The fraction of sp³-hybridized carbons (Fsp3) is 0.400. The number of hydrogen-bond donors (Lipinski definition) is 0. The molecule has 0 aromatic heterocycles. The molecule has 1 unspecified atom stereocenters. The minimum absolute atomic E-state index is 0.0327. The first-order chi connectivity index (χ1) is 8.35. The average molecular weight is 418 g/mol. The van der Waals surface area contributed by atoms with Gasteiger partial charge in [-0.05, 0) is 18.2 Å². The molecule has 108 valence electrons. The van der Waals surface area contributed by atoms with Crippen LogP contribution < -0.4 is 0 Å². The highest BCUT2D eigenvalue weighted by Gasteiger charge is 2.62. The van der Waals surface area contributed by atoms with Crippen LogP contribution in [0.15, 0.2) is 27.1 Å². The summed E-state index contributed by atoms with van der Waals surface area (Å²) < 4.78 is 88.7. The van der Waals surface area contributed by atoms with E-state index < -0.39 is 30.0 Å². The molecular formula is C10H5Br2F7. The standard InChI is InChI=1S/C10H5Br2F7/c11-6-1-5(2-7(12)3-6)8(13,10(17,18)19)4-9(14,15)16/h1-3H,4H2. The van der Waals surface area contributed by atoms with Crippen LogP contribution in [0.4, 0.5) is 30.7 Å². The van der Waals surface area contributed by atoms with Gasteiger partial charge in [0.2, 0.25) is 5.67 Å². The Hall–Kier alpha value is -0.310. The fourth-order valence-electron chi connectivity index (χ4n) is 1.42. The van der Waals surface area contributed by atoms with Gasteiger partial charge < -0.3 is 0 Å². The molecule has 1 rings (SSSR count). The van der Waals surface area contributed by atoms with Gasteiger partial charge in [0.05, 0.1) is 6.42 Å². The van der Waals surface area contributed by atoms with E-state index >= 15 is 0 Å². The Bertz CT molecular complexity index is 446. The first kappa shape index (κ1) is 16.7. The van der Waals surface area contributed by atoms with E-state index in [-0.39, 0.29) is 8.95 Å². The number of halogens is 9. The topological polar surface area (TPSA) is 0 Å². The van der Waals surface area contributed by atoms with Gasteiger partial charge in [0.15, 0.2) is 0 Å². The van der Waals surface area contributed by atoms with Crippen LogP contribution in [0.5, 0.6) is 0 Å². The summed E-state index contributed by atoms with van der Waals surface area (Å²) in [6.45, 7) is 0. The second-order valence-electron chi connectivity index (χ2n) is 3.75. The third-order valence-electron chi connectivity index (χ3n) is 2.21. The van der Waals surface area contributed by atoms with Gasteiger partial charge in [-0.1, -0.05) is 31.9 Å². The summed E-state index contributed by atoms with van der Waals surface area (Å²) in [7, 11) is 0. The minimum atomic E-state index is -5.68. The van der Waals surface area contributed by atoms with Crippen molar-refractivity contribution < 1.29 is 30.7 Å². The van der Waals surface area contributed by atoms with Gasteiger partial charge in [-0.15, -0.1) is 0 Å². The fourth-order valence-corrected chi connectivity index (χ4v) is 2.72. The molecule has 0 saturated heterocycles. The lowest BCUT2D eigenvalue weighted by atomic mass is 9.91. The highest BCUT2D eigenvalue weighted by Crippen LogP contribution is 2.50. The van der Waals surface area contributed by atoms with Crippen LogP contribution in [0.25, 0.3) is 0 Å². The molecule has 0 amide bonds. The Labute approximate surface area is 120 Å². The van der Waals surface area contributed by atoms with E-state index in [0.29, 0.717) is 12.1 Å². The van der Waals surface area contributed by atoms with Crippen LogP contribution in [0.2, 0.25) is 0 Å². The van der Waals surface area contributed by atoms with Crippen molar-refractivity contribution in [1.82, 2.24) is 0 Å². The smallest absolute Gasteiger partial charge is 0.228 e. The molecule has 19 heavy (non-hydrogen) atoms. The predicted molar refractivity (Wildman–Crippen MR) is 61.4 cm³/mol. The lowest BCUT2D eigenvalue weighted by Gasteiger charge is -2.29. The van der Waals surface area contributed by atoms with Crippen molar-refractivity contribution >= 4 is 31.9 Å². The Morgan fingerprint density at radius 1 is 0.789 bits per heavy atom. The monoisotopic (exact) mass is 416 g/mol. The van der Waals surface area contributed by atoms with Crippen molar-refractivity contribution in [2.45, 2.75) is 24.4 Å². The van der Waals surface area contributed by atoms with Gasteiger partial charge >= 0.3 is 12.4 Å². The van der Waals surface area contributed by atoms with Crippen LogP contribution >= 0.6 is 31.9 Å². The molecule has 0 radical (unpaired) electrons. The average Bonchev–Trinajstić information content (AvgIpc) is 2.11. The molecule has 0 nitrogen and oxygen atoms in total. The van der Waals surface area contributed by atoms with Crippen molar-refractivity contribution in [3.63, 3.8) is 0 Å². The normalized spacial score (nSPS) is 16.3. The summed E-state index contributed by atoms with van der Waals surface area (Å²) in [5.41, 5.74) is -5.60. The van der Waals surface area contributed by atoms with Crippen molar-refractivity contribution in [3.8, 4) is 0 Å². The van der Waals surface area contributed by atoms with E-state index in [2.05, 4.69) is 31.9 Å². The summed E-state index contributed by atoms with van der Waals surface area (Å²) in [4.78, 5) is 0. The molecule has 1 atom stereocenters. The molecule has 0 heterocycles. The maximum atomic E-state index is 14.0. The van der Waals surface area contributed by atoms with Crippen LogP contribution in [0.1, 0.15) is 12.0 Å². The van der Waals surface area contributed by atoms with E-state index in [1.165, 1.54) is 6.07 Å². The number of alkyl halides is 7. The quantitative estimate of drug-likeness (QED) is 0.526. The number of benzene rings is 1. The third kappa shape index (κ3) is 4.08. The highest BCUT2D eigenvalue weighted by atomic mass is 79.9. The van der Waals surface area contributed by atoms with Crippen LogP contribution in [-0.2, 0) is 5.67 Å². The second kappa shape index (κ2) is 5.23. The minimum Gasteiger partial charge on any atom is -0.228 e. The summed E-state index contributed by atoms with van der Waals surface area (Å²) in [5.74, 6) is 0. The van der Waals surface area contributed by atoms with E-state index in [4.69, 9.17) is 0 Å². The lowest BCUT2D eigenvalue weighted by Crippen LogP contribution is -2.42. The second-order valence-corrected chi connectivity index (χ2v) is 5.58. The molecule has 1 aromatic carbocycles. The molecule has 0 N–H and O–H groups in total. The van der Waals surface area contributed by atoms with Gasteiger partial charge in [-0.2, -0.15) is 26.3 Å². The maximum absolute atomic E-state index is 14.0. The first-order valence-corrected chi connectivity index (χ1v) is 6.23. The molecule has 0 aliphatic carbocycles. The zero-order chi connectivity index (χ0) is 15.1. The van der Waals surface area contributed by atoms with Gasteiger partial charge in [0, 0.05) is 14.5 Å². The Kier molecular flexibility index (Phi) is 4.61. The SMILES string of the molecule is FC(F)(F)CC(F)(c1cc(Br)cc(Br)c1)C(F)(F)F.